The van der Waals surface area contributed by atoms with E-state index in [1.54, 1.807) is 12.1 Å². The van der Waals surface area contributed by atoms with Crippen LogP contribution in [-0.4, -0.2) is 30.9 Å². The highest BCUT2D eigenvalue weighted by atomic mass is 35.5. The second kappa shape index (κ2) is 6.26. The molecule has 6 nitrogen and oxygen atoms in total. The number of carbonyl (C=O) groups excluding carboxylic acids is 1. The third-order valence-corrected chi connectivity index (χ3v) is 4.66. The molecule has 0 saturated heterocycles. The number of pyridine rings is 1. The van der Waals surface area contributed by atoms with Crippen LogP contribution in [0.2, 0.25) is 5.02 Å². The van der Waals surface area contributed by atoms with Crippen LogP contribution < -0.4 is 5.32 Å². The average Bonchev–Trinajstić information content (AvgIpc) is 3.26. The Balaban J connectivity index is 1.65. The van der Waals surface area contributed by atoms with Crippen LogP contribution in [0.5, 0.6) is 0 Å². The number of nitrogens with zero attached hydrogens (tertiary/aromatic N) is 4. The molecule has 116 valence electrons. The molecular formula is C14H16ClN5OS. The van der Waals surface area contributed by atoms with Gasteiger partial charge in [0.15, 0.2) is 5.16 Å². The fourth-order valence-corrected chi connectivity index (χ4v) is 3.15. The van der Waals surface area contributed by atoms with Crippen molar-refractivity contribution in [1.29, 1.82) is 0 Å². The van der Waals surface area contributed by atoms with Gasteiger partial charge in [0.1, 0.15) is 11.6 Å². The van der Waals surface area contributed by atoms with Crippen molar-refractivity contribution < 1.29 is 4.79 Å². The third kappa shape index (κ3) is 3.41. The first kappa shape index (κ1) is 15.3. The highest BCUT2D eigenvalue weighted by Gasteiger charge is 2.29. The van der Waals surface area contributed by atoms with Gasteiger partial charge in [-0.3, -0.25) is 4.79 Å². The summed E-state index contributed by atoms with van der Waals surface area (Å²) in [6.07, 6.45) is 3.81. The Hall–Kier alpha value is -1.60. The number of hydrogen-bond acceptors (Lipinski definition) is 5. The molecule has 1 N–H and O–H groups in total. The zero-order chi connectivity index (χ0) is 15.7. The Kier molecular flexibility index (Phi) is 4.35. The molecule has 2 aromatic heterocycles. The van der Waals surface area contributed by atoms with E-state index in [1.807, 2.05) is 13.8 Å². The molecule has 2 aromatic rings. The monoisotopic (exact) mass is 337 g/mol. The number of thioether (sulfide) groups is 1. The van der Waals surface area contributed by atoms with E-state index in [0.29, 0.717) is 16.9 Å². The lowest BCUT2D eigenvalue weighted by Crippen LogP contribution is -2.23. The first-order chi connectivity index (χ1) is 10.5. The van der Waals surface area contributed by atoms with Gasteiger partial charge in [-0.05, 0) is 38.8 Å². The second-order valence-electron chi connectivity index (χ2n) is 5.24. The SMILES string of the molecule is Cc1nnc(S[C@H](C)C(=O)Nc2ccc(Cl)cn2)n1C1CC1. The van der Waals surface area contributed by atoms with Crippen LogP contribution in [0.3, 0.4) is 0 Å². The second-order valence-corrected chi connectivity index (χ2v) is 6.99. The summed E-state index contributed by atoms with van der Waals surface area (Å²) < 4.78 is 2.12. The predicted molar refractivity (Wildman–Crippen MR) is 86.2 cm³/mol. The molecule has 1 saturated carbocycles. The number of hydrogen-bond donors (Lipinski definition) is 1. The summed E-state index contributed by atoms with van der Waals surface area (Å²) in [4.78, 5) is 16.3. The van der Waals surface area contributed by atoms with Gasteiger partial charge < -0.3 is 9.88 Å². The molecule has 1 atom stereocenters. The number of halogens is 1. The van der Waals surface area contributed by atoms with Gasteiger partial charge in [-0.25, -0.2) is 4.98 Å². The van der Waals surface area contributed by atoms with E-state index in [0.717, 1.165) is 23.8 Å². The van der Waals surface area contributed by atoms with Crippen LogP contribution in [0, 0.1) is 6.92 Å². The van der Waals surface area contributed by atoms with Gasteiger partial charge >= 0.3 is 0 Å². The van der Waals surface area contributed by atoms with E-state index in [-0.39, 0.29) is 11.2 Å². The standard InChI is InChI=1S/C14H16ClN5OS/c1-8(13(21)17-12-6-3-10(15)7-16-12)22-14-19-18-9(2)20(14)11-4-5-11/h3,6-8,11H,4-5H2,1-2H3,(H,16,17,21)/t8-/m1/s1. The summed E-state index contributed by atoms with van der Waals surface area (Å²) >= 11 is 7.19. The molecule has 1 aliphatic carbocycles. The van der Waals surface area contributed by atoms with E-state index in [2.05, 4.69) is 25.1 Å². The molecule has 0 spiro atoms. The number of nitrogens with one attached hydrogen (secondary N) is 1. The number of amides is 1. The maximum Gasteiger partial charge on any atom is 0.238 e. The Labute approximate surface area is 137 Å². The molecule has 0 aliphatic heterocycles. The molecule has 1 aliphatic rings. The summed E-state index contributed by atoms with van der Waals surface area (Å²) in [7, 11) is 0. The predicted octanol–water partition coefficient (Wildman–Crippen LogP) is 3.09. The number of aromatic nitrogens is 4. The lowest BCUT2D eigenvalue weighted by atomic mass is 10.4. The minimum absolute atomic E-state index is 0.122. The van der Waals surface area contributed by atoms with Crippen LogP contribution in [0.25, 0.3) is 0 Å². The summed E-state index contributed by atoms with van der Waals surface area (Å²) in [5, 5.41) is 12.1. The van der Waals surface area contributed by atoms with Crippen molar-refractivity contribution in [3.63, 3.8) is 0 Å². The zero-order valence-electron chi connectivity index (χ0n) is 12.3. The minimum atomic E-state index is -0.293. The van der Waals surface area contributed by atoms with Gasteiger partial charge in [-0.2, -0.15) is 0 Å². The lowest BCUT2D eigenvalue weighted by Gasteiger charge is -2.12. The fraction of sp³-hybridized carbons (Fsp3) is 0.429. The Morgan fingerprint density at radius 3 is 2.86 bits per heavy atom. The number of aryl methyl sites for hydroxylation is 1. The molecule has 1 fully saturated rings. The van der Waals surface area contributed by atoms with Crippen LogP contribution in [0.4, 0.5) is 5.82 Å². The van der Waals surface area contributed by atoms with E-state index < -0.39 is 0 Å². The Morgan fingerprint density at radius 2 is 2.23 bits per heavy atom. The molecule has 0 aromatic carbocycles. The Morgan fingerprint density at radius 1 is 1.45 bits per heavy atom. The van der Waals surface area contributed by atoms with Gasteiger partial charge in [0.25, 0.3) is 0 Å². The van der Waals surface area contributed by atoms with E-state index in [1.165, 1.54) is 18.0 Å². The van der Waals surface area contributed by atoms with Gasteiger partial charge in [0.05, 0.1) is 10.3 Å². The first-order valence-corrected chi connectivity index (χ1v) is 8.31. The average molecular weight is 338 g/mol. The van der Waals surface area contributed by atoms with Crippen molar-refractivity contribution in [1.82, 2.24) is 19.7 Å². The maximum absolute atomic E-state index is 12.2. The molecule has 22 heavy (non-hydrogen) atoms. The quantitative estimate of drug-likeness (QED) is 0.849. The van der Waals surface area contributed by atoms with Gasteiger partial charge in [0.2, 0.25) is 5.91 Å². The van der Waals surface area contributed by atoms with Crippen LogP contribution >= 0.6 is 23.4 Å². The minimum Gasteiger partial charge on any atom is -0.310 e. The van der Waals surface area contributed by atoms with Gasteiger partial charge in [-0.1, -0.05) is 23.4 Å². The normalized spacial score (nSPS) is 15.6. The van der Waals surface area contributed by atoms with E-state index >= 15 is 0 Å². The topological polar surface area (TPSA) is 72.7 Å². The van der Waals surface area contributed by atoms with Crippen LogP contribution in [0.15, 0.2) is 23.5 Å². The molecule has 8 heteroatoms. The highest BCUT2D eigenvalue weighted by molar-refractivity contribution is 8.00. The summed E-state index contributed by atoms with van der Waals surface area (Å²) in [5.41, 5.74) is 0. The lowest BCUT2D eigenvalue weighted by molar-refractivity contribution is -0.115. The summed E-state index contributed by atoms with van der Waals surface area (Å²) in [6, 6.07) is 3.86. The number of carbonyl (C=O) groups is 1. The molecule has 0 unspecified atom stereocenters. The number of anilines is 1. The summed E-state index contributed by atoms with van der Waals surface area (Å²) in [6.45, 7) is 3.79. The van der Waals surface area contributed by atoms with Crippen molar-refractivity contribution in [2.75, 3.05) is 5.32 Å². The zero-order valence-corrected chi connectivity index (χ0v) is 13.9. The van der Waals surface area contributed by atoms with Crippen molar-refractivity contribution in [3.05, 3.63) is 29.2 Å². The molecule has 0 radical (unpaired) electrons. The van der Waals surface area contributed by atoms with Gasteiger partial charge in [-0.15, -0.1) is 10.2 Å². The molecule has 3 rings (SSSR count). The van der Waals surface area contributed by atoms with Crippen LogP contribution in [-0.2, 0) is 4.79 Å². The van der Waals surface area contributed by atoms with E-state index in [9.17, 15) is 4.79 Å². The Bertz CT molecular complexity index is 683. The largest absolute Gasteiger partial charge is 0.310 e. The highest BCUT2D eigenvalue weighted by Crippen LogP contribution is 2.39. The van der Waals surface area contributed by atoms with Crippen molar-refractivity contribution >= 4 is 35.1 Å². The molecule has 2 heterocycles. The van der Waals surface area contributed by atoms with Crippen molar-refractivity contribution in [2.45, 2.75) is 43.1 Å². The first-order valence-electron chi connectivity index (χ1n) is 7.05. The fourth-order valence-electron chi connectivity index (χ4n) is 2.07. The van der Waals surface area contributed by atoms with Crippen molar-refractivity contribution in [3.8, 4) is 0 Å². The molecular weight excluding hydrogens is 322 g/mol. The van der Waals surface area contributed by atoms with Crippen molar-refractivity contribution in [2.24, 2.45) is 0 Å². The molecule has 1 amide bonds. The molecule has 0 bridgehead atoms. The van der Waals surface area contributed by atoms with E-state index in [4.69, 9.17) is 11.6 Å². The third-order valence-electron chi connectivity index (χ3n) is 3.38. The maximum atomic E-state index is 12.2. The smallest absolute Gasteiger partial charge is 0.238 e. The van der Waals surface area contributed by atoms with Gasteiger partial charge in [0, 0.05) is 12.2 Å². The summed E-state index contributed by atoms with van der Waals surface area (Å²) in [5.74, 6) is 1.27. The van der Waals surface area contributed by atoms with Crippen LogP contribution in [0.1, 0.15) is 31.6 Å². The number of rotatable bonds is 5.